The van der Waals surface area contributed by atoms with Gasteiger partial charge in [0.05, 0.1) is 6.61 Å². The first kappa shape index (κ1) is 20.3. The van der Waals surface area contributed by atoms with Crippen molar-refractivity contribution in [2.45, 2.75) is 25.8 Å². The Hall–Kier alpha value is -1.05. The average molecular weight is 297 g/mol. The number of primary amides is 1. The van der Waals surface area contributed by atoms with Crippen LogP contribution >= 0.6 is 12.4 Å². The second kappa shape index (κ2) is 13.4. The molecule has 0 unspecified atom stereocenters. The van der Waals surface area contributed by atoms with E-state index in [0.29, 0.717) is 26.1 Å². The summed E-state index contributed by atoms with van der Waals surface area (Å²) in [6.07, 6.45) is 1.37. The maximum Gasteiger partial charge on any atom is 0.312 e. The maximum absolute atomic E-state index is 11.7. The molecule has 0 spiro atoms. The minimum Gasteiger partial charge on any atom is -0.383 e. The molecule has 114 valence electrons. The first-order chi connectivity index (χ1) is 8.61. The van der Waals surface area contributed by atoms with Crippen LogP contribution in [0.15, 0.2) is 0 Å². The predicted molar refractivity (Wildman–Crippen MR) is 76.4 cm³/mol. The lowest BCUT2D eigenvalue weighted by Gasteiger charge is -2.16. The summed E-state index contributed by atoms with van der Waals surface area (Å²) in [4.78, 5) is 22.5. The highest BCUT2D eigenvalue weighted by molar-refractivity contribution is 5.86. The van der Waals surface area contributed by atoms with Gasteiger partial charge in [-0.3, -0.25) is 4.79 Å². The number of rotatable bonds is 10. The van der Waals surface area contributed by atoms with Crippen LogP contribution in [0.4, 0.5) is 4.79 Å². The number of ether oxygens (including phenoxy) is 1. The van der Waals surface area contributed by atoms with Gasteiger partial charge in [-0.15, -0.1) is 12.4 Å². The Morgan fingerprint density at radius 2 is 1.95 bits per heavy atom. The molecule has 0 aliphatic heterocycles. The number of nitrogens with one attached hydrogen (secondary N) is 3. The molecule has 0 aliphatic rings. The van der Waals surface area contributed by atoms with E-state index in [4.69, 9.17) is 10.5 Å². The van der Waals surface area contributed by atoms with Crippen LogP contribution in [0.5, 0.6) is 0 Å². The first-order valence-corrected chi connectivity index (χ1v) is 6.15. The van der Waals surface area contributed by atoms with E-state index < -0.39 is 12.1 Å². The van der Waals surface area contributed by atoms with E-state index >= 15 is 0 Å². The lowest BCUT2D eigenvalue weighted by molar-refractivity contribution is -0.123. The molecule has 0 saturated carbocycles. The van der Waals surface area contributed by atoms with Crippen LogP contribution in [0.3, 0.4) is 0 Å². The molecule has 0 heterocycles. The zero-order valence-electron chi connectivity index (χ0n) is 11.5. The van der Waals surface area contributed by atoms with Crippen molar-refractivity contribution in [3.8, 4) is 0 Å². The molecule has 0 aromatic rings. The molecule has 5 N–H and O–H groups in total. The highest BCUT2D eigenvalue weighted by Gasteiger charge is 2.17. The highest BCUT2D eigenvalue weighted by atomic mass is 35.5. The van der Waals surface area contributed by atoms with Gasteiger partial charge in [-0.05, 0) is 6.42 Å². The summed E-state index contributed by atoms with van der Waals surface area (Å²) in [6, 6.07) is -1.23. The van der Waals surface area contributed by atoms with Gasteiger partial charge in [0, 0.05) is 26.7 Å². The Labute approximate surface area is 120 Å². The molecule has 1 atom stereocenters. The van der Waals surface area contributed by atoms with E-state index in [1.165, 1.54) is 0 Å². The predicted octanol–water partition coefficient (Wildman–Crippen LogP) is -0.403. The third kappa shape index (κ3) is 11.8. The van der Waals surface area contributed by atoms with Crippen molar-refractivity contribution in [3.63, 3.8) is 0 Å². The number of urea groups is 1. The van der Waals surface area contributed by atoms with Crippen molar-refractivity contribution in [1.29, 1.82) is 0 Å². The number of hydrogen-bond acceptors (Lipinski definition) is 4. The zero-order chi connectivity index (χ0) is 13.8. The van der Waals surface area contributed by atoms with Crippen LogP contribution in [0.1, 0.15) is 19.8 Å². The molecule has 19 heavy (non-hydrogen) atoms. The van der Waals surface area contributed by atoms with Gasteiger partial charge in [0.2, 0.25) is 5.91 Å². The number of amides is 3. The topological polar surface area (TPSA) is 105 Å². The fourth-order valence-corrected chi connectivity index (χ4v) is 1.43. The first-order valence-electron chi connectivity index (χ1n) is 6.15. The largest absolute Gasteiger partial charge is 0.383 e. The second-order valence-electron chi connectivity index (χ2n) is 3.88. The van der Waals surface area contributed by atoms with Gasteiger partial charge in [-0.1, -0.05) is 13.3 Å². The lowest BCUT2D eigenvalue weighted by Crippen LogP contribution is -2.49. The number of methoxy groups -OCH3 is 1. The van der Waals surface area contributed by atoms with Crippen LogP contribution in [-0.4, -0.2) is 51.3 Å². The Kier molecular flexibility index (Phi) is 14.3. The molecule has 0 aromatic heterocycles. The Morgan fingerprint density at radius 1 is 1.26 bits per heavy atom. The molecule has 0 bridgehead atoms. The van der Waals surface area contributed by atoms with Gasteiger partial charge in [-0.2, -0.15) is 0 Å². The Morgan fingerprint density at radius 3 is 2.47 bits per heavy atom. The van der Waals surface area contributed by atoms with E-state index in [1.807, 2.05) is 6.92 Å². The lowest BCUT2D eigenvalue weighted by atomic mass is 10.1. The van der Waals surface area contributed by atoms with Gasteiger partial charge in [0.25, 0.3) is 0 Å². The SMILES string of the molecule is CCC[C@@H](NC(N)=O)C(=O)NCCNCCOC.Cl. The molecule has 3 amide bonds. The van der Waals surface area contributed by atoms with Crippen molar-refractivity contribution in [1.82, 2.24) is 16.0 Å². The van der Waals surface area contributed by atoms with Gasteiger partial charge >= 0.3 is 6.03 Å². The third-order valence-corrected chi connectivity index (χ3v) is 2.29. The van der Waals surface area contributed by atoms with Crippen molar-refractivity contribution >= 4 is 24.3 Å². The smallest absolute Gasteiger partial charge is 0.312 e. The van der Waals surface area contributed by atoms with E-state index in [1.54, 1.807) is 7.11 Å². The third-order valence-electron chi connectivity index (χ3n) is 2.29. The summed E-state index contributed by atoms with van der Waals surface area (Å²) < 4.78 is 4.87. The number of carbonyl (C=O) groups is 2. The molecule has 0 rings (SSSR count). The zero-order valence-corrected chi connectivity index (χ0v) is 12.3. The fourth-order valence-electron chi connectivity index (χ4n) is 1.43. The van der Waals surface area contributed by atoms with Crippen molar-refractivity contribution in [3.05, 3.63) is 0 Å². The minimum absolute atomic E-state index is 0. The van der Waals surface area contributed by atoms with Crippen LogP contribution in [0.25, 0.3) is 0 Å². The molecule has 8 heteroatoms. The number of halogens is 1. The average Bonchev–Trinajstić information content (AvgIpc) is 2.32. The van der Waals surface area contributed by atoms with Gasteiger partial charge < -0.3 is 26.4 Å². The molecule has 7 nitrogen and oxygen atoms in total. The summed E-state index contributed by atoms with van der Waals surface area (Å²) in [6.45, 7) is 4.48. The van der Waals surface area contributed by atoms with E-state index in [2.05, 4.69) is 16.0 Å². The monoisotopic (exact) mass is 296 g/mol. The minimum atomic E-state index is -0.679. The summed E-state index contributed by atoms with van der Waals surface area (Å²) in [5.74, 6) is -0.204. The van der Waals surface area contributed by atoms with E-state index in [0.717, 1.165) is 13.0 Å². The van der Waals surface area contributed by atoms with Crippen molar-refractivity contribution < 1.29 is 14.3 Å². The molecule has 0 aliphatic carbocycles. The number of nitrogens with two attached hydrogens (primary N) is 1. The number of carbonyl (C=O) groups excluding carboxylic acids is 2. The second-order valence-corrected chi connectivity index (χ2v) is 3.88. The van der Waals surface area contributed by atoms with Crippen LogP contribution in [0.2, 0.25) is 0 Å². The summed E-state index contributed by atoms with van der Waals surface area (Å²) >= 11 is 0. The van der Waals surface area contributed by atoms with Crippen LogP contribution in [0, 0.1) is 0 Å². The molecule has 0 fully saturated rings. The fraction of sp³-hybridized carbons (Fsp3) is 0.818. The summed E-state index contributed by atoms with van der Waals surface area (Å²) in [5.41, 5.74) is 5.01. The normalized spacial score (nSPS) is 11.3. The van der Waals surface area contributed by atoms with Crippen LogP contribution in [-0.2, 0) is 9.53 Å². The summed E-state index contributed by atoms with van der Waals surface area (Å²) in [5, 5.41) is 8.27. The van der Waals surface area contributed by atoms with Crippen LogP contribution < -0.4 is 21.7 Å². The summed E-state index contributed by atoms with van der Waals surface area (Å²) in [7, 11) is 1.63. The molecule has 0 saturated heterocycles. The molecule has 0 radical (unpaired) electrons. The highest BCUT2D eigenvalue weighted by Crippen LogP contribution is 1.96. The van der Waals surface area contributed by atoms with Gasteiger partial charge in [-0.25, -0.2) is 4.79 Å². The van der Waals surface area contributed by atoms with E-state index in [-0.39, 0.29) is 18.3 Å². The van der Waals surface area contributed by atoms with Gasteiger partial charge in [0.15, 0.2) is 0 Å². The Bertz CT molecular complexity index is 254. The number of hydrogen-bond donors (Lipinski definition) is 4. The van der Waals surface area contributed by atoms with Gasteiger partial charge in [0.1, 0.15) is 6.04 Å². The van der Waals surface area contributed by atoms with E-state index in [9.17, 15) is 9.59 Å². The molecule has 0 aromatic carbocycles. The standard InChI is InChI=1S/C11H24N4O3.ClH/c1-3-4-9(15-11(12)17)10(16)14-6-5-13-7-8-18-2;/h9,13H,3-8H2,1-2H3,(H,14,16)(H3,12,15,17);1H/t9-;/m1./s1. The molecular formula is C11H25ClN4O3. The quantitative estimate of drug-likeness (QED) is 0.412. The van der Waals surface area contributed by atoms with Crippen molar-refractivity contribution in [2.24, 2.45) is 5.73 Å². The Balaban J connectivity index is 0. The maximum atomic E-state index is 11.7. The molecular weight excluding hydrogens is 272 g/mol. The van der Waals surface area contributed by atoms with Crippen molar-refractivity contribution in [2.75, 3.05) is 33.4 Å².